The fourth-order valence-corrected chi connectivity index (χ4v) is 3.16. The van der Waals surface area contributed by atoms with Gasteiger partial charge in [0, 0.05) is 12.3 Å². The summed E-state index contributed by atoms with van der Waals surface area (Å²) < 4.78 is 8.32. The number of nitro benzene ring substituents is 1. The Bertz CT molecular complexity index is 1320. The molecule has 0 aliphatic carbocycles. The third-order valence-electron chi connectivity index (χ3n) is 4.38. The number of hydrogen-bond donors (Lipinski definition) is 1. The average Bonchev–Trinajstić information content (AvgIpc) is 3.44. The first-order valence-corrected chi connectivity index (χ1v) is 10.2. The van der Waals surface area contributed by atoms with Crippen LogP contribution in [0.4, 0.5) is 11.6 Å². The molecule has 1 amide bonds. The van der Waals surface area contributed by atoms with E-state index in [1.54, 1.807) is 24.3 Å². The highest BCUT2D eigenvalue weighted by Crippen LogP contribution is 2.26. The lowest BCUT2D eigenvalue weighted by Crippen LogP contribution is -2.15. The van der Waals surface area contributed by atoms with Crippen molar-refractivity contribution in [2.75, 3.05) is 5.32 Å². The van der Waals surface area contributed by atoms with Gasteiger partial charge in [0.05, 0.1) is 21.5 Å². The molecule has 2 aromatic heterocycles. The lowest BCUT2D eigenvalue weighted by atomic mass is 10.2. The number of benzene rings is 2. The van der Waals surface area contributed by atoms with Crippen molar-refractivity contribution in [3.05, 3.63) is 92.5 Å². The van der Waals surface area contributed by atoms with Crippen LogP contribution in [-0.2, 0) is 13.3 Å². The normalized spacial score (nSPS) is 10.7. The van der Waals surface area contributed by atoms with Crippen LogP contribution in [0, 0.1) is 10.1 Å². The Hall–Kier alpha value is -3.96. The van der Waals surface area contributed by atoms with Gasteiger partial charge >= 0.3 is 5.69 Å². The largest absolute Gasteiger partial charge is 0.464 e. The van der Waals surface area contributed by atoms with E-state index in [0.717, 1.165) is 5.56 Å². The highest BCUT2D eigenvalue weighted by atomic mass is 35.5. The van der Waals surface area contributed by atoms with Crippen LogP contribution in [0.3, 0.4) is 0 Å². The molecule has 4 aromatic rings. The molecule has 168 valence electrons. The standard InChI is InChI=1S/C20H15Cl2N7O4/c21-14-6-5-13(9-15(14)22)10-28-11-23-20(26-28)24-19(30)16-7-8-27(25-16)12-33-18-4-2-1-3-17(18)29(31)32/h1-9,11H,10,12H2,(H,24,26,30). The van der Waals surface area contributed by atoms with Gasteiger partial charge in [-0.25, -0.2) is 14.3 Å². The third kappa shape index (κ3) is 5.45. The van der Waals surface area contributed by atoms with Crippen LogP contribution in [0.5, 0.6) is 5.75 Å². The summed E-state index contributed by atoms with van der Waals surface area (Å²) in [5.74, 6) is -0.321. The molecule has 0 saturated heterocycles. The number of nitrogens with zero attached hydrogens (tertiary/aromatic N) is 6. The lowest BCUT2D eigenvalue weighted by molar-refractivity contribution is -0.386. The summed E-state index contributed by atoms with van der Waals surface area (Å²) >= 11 is 11.9. The number of aromatic nitrogens is 5. The SMILES string of the molecule is O=C(Nc1ncn(Cc2ccc(Cl)c(Cl)c2)n1)c1ccn(COc2ccccc2[N+](=O)[O-])n1. The minimum Gasteiger partial charge on any atom is -0.464 e. The van der Waals surface area contributed by atoms with E-state index in [1.165, 1.54) is 40.1 Å². The van der Waals surface area contributed by atoms with Gasteiger partial charge in [-0.05, 0) is 29.8 Å². The number of anilines is 1. The van der Waals surface area contributed by atoms with Crippen LogP contribution in [-0.4, -0.2) is 35.4 Å². The quantitative estimate of drug-likeness (QED) is 0.293. The lowest BCUT2D eigenvalue weighted by Gasteiger charge is -2.06. The van der Waals surface area contributed by atoms with Crippen molar-refractivity contribution in [3.63, 3.8) is 0 Å². The fourth-order valence-electron chi connectivity index (χ4n) is 2.84. The number of halogens is 2. The van der Waals surface area contributed by atoms with Gasteiger partial charge in [0.1, 0.15) is 6.33 Å². The number of carbonyl (C=O) groups excluding carboxylic acids is 1. The molecule has 2 aromatic carbocycles. The van der Waals surface area contributed by atoms with E-state index in [4.69, 9.17) is 27.9 Å². The number of nitrogens with one attached hydrogen (secondary N) is 1. The number of hydrogen-bond acceptors (Lipinski definition) is 7. The van der Waals surface area contributed by atoms with E-state index in [9.17, 15) is 14.9 Å². The molecule has 4 rings (SSSR count). The Balaban J connectivity index is 1.35. The van der Waals surface area contributed by atoms with Gasteiger partial charge in [0.25, 0.3) is 5.91 Å². The highest BCUT2D eigenvalue weighted by Gasteiger charge is 2.15. The van der Waals surface area contributed by atoms with E-state index in [-0.39, 0.29) is 29.8 Å². The molecule has 0 spiro atoms. The summed E-state index contributed by atoms with van der Waals surface area (Å²) in [7, 11) is 0. The molecule has 0 aliphatic rings. The van der Waals surface area contributed by atoms with E-state index < -0.39 is 10.8 Å². The van der Waals surface area contributed by atoms with Crippen LogP contribution in [0.2, 0.25) is 10.0 Å². The van der Waals surface area contributed by atoms with Gasteiger partial charge in [0.15, 0.2) is 18.2 Å². The maximum Gasteiger partial charge on any atom is 0.311 e. The van der Waals surface area contributed by atoms with Crippen molar-refractivity contribution in [1.82, 2.24) is 24.5 Å². The van der Waals surface area contributed by atoms with Crippen molar-refractivity contribution in [2.45, 2.75) is 13.3 Å². The zero-order chi connectivity index (χ0) is 23.4. The van der Waals surface area contributed by atoms with Crippen molar-refractivity contribution in [1.29, 1.82) is 0 Å². The van der Waals surface area contributed by atoms with Gasteiger partial charge in [-0.3, -0.25) is 20.2 Å². The van der Waals surface area contributed by atoms with Gasteiger partial charge < -0.3 is 4.74 Å². The summed E-state index contributed by atoms with van der Waals surface area (Å²) in [6, 6.07) is 12.7. The van der Waals surface area contributed by atoms with Gasteiger partial charge in [-0.15, -0.1) is 5.10 Å². The summed E-state index contributed by atoms with van der Waals surface area (Å²) in [6.07, 6.45) is 2.98. The zero-order valence-corrected chi connectivity index (χ0v) is 18.3. The highest BCUT2D eigenvalue weighted by molar-refractivity contribution is 6.42. The molecule has 11 nitrogen and oxygen atoms in total. The molecular formula is C20H15Cl2N7O4. The average molecular weight is 488 g/mol. The van der Waals surface area contributed by atoms with E-state index >= 15 is 0 Å². The topological polar surface area (TPSA) is 130 Å². The monoisotopic (exact) mass is 487 g/mol. The third-order valence-corrected chi connectivity index (χ3v) is 5.12. The Morgan fingerprint density at radius 3 is 2.70 bits per heavy atom. The molecule has 0 aliphatic heterocycles. The Morgan fingerprint density at radius 1 is 1.09 bits per heavy atom. The number of amides is 1. The second kappa shape index (κ2) is 9.67. The van der Waals surface area contributed by atoms with Crippen LogP contribution >= 0.6 is 23.2 Å². The summed E-state index contributed by atoms with van der Waals surface area (Å²) in [4.78, 5) is 27.0. The van der Waals surface area contributed by atoms with Crippen molar-refractivity contribution >= 4 is 40.7 Å². The maximum absolute atomic E-state index is 12.5. The van der Waals surface area contributed by atoms with Crippen LogP contribution in [0.1, 0.15) is 16.1 Å². The van der Waals surface area contributed by atoms with Crippen molar-refractivity contribution in [2.24, 2.45) is 0 Å². The molecule has 0 bridgehead atoms. The molecule has 33 heavy (non-hydrogen) atoms. The molecule has 0 radical (unpaired) electrons. The molecule has 1 N–H and O–H groups in total. The van der Waals surface area contributed by atoms with Gasteiger partial charge in [-0.1, -0.05) is 41.4 Å². The maximum atomic E-state index is 12.5. The molecule has 0 fully saturated rings. The molecule has 2 heterocycles. The summed E-state index contributed by atoms with van der Waals surface area (Å²) in [5, 5.41) is 22.8. The molecular weight excluding hydrogens is 473 g/mol. The summed E-state index contributed by atoms with van der Waals surface area (Å²) in [5.41, 5.74) is 0.803. The Morgan fingerprint density at radius 2 is 1.91 bits per heavy atom. The summed E-state index contributed by atoms with van der Waals surface area (Å²) in [6.45, 7) is 0.270. The first kappa shape index (κ1) is 22.2. The van der Waals surface area contributed by atoms with E-state index in [2.05, 4.69) is 20.5 Å². The minimum atomic E-state index is -0.537. The smallest absolute Gasteiger partial charge is 0.311 e. The second-order valence-corrected chi connectivity index (χ2v) is 7.52. The predicted octanol–water partition coefficient (Wildman–Crippen LogP) is 4.03. The van der Waals surface area contributed by atoms with Gasteiger partial charge in [0.2, 0.25) is 5.95 Å². The Kier molecular flexibility index (Phi) is 6.52. The van der Waals surface area contributed by atoms with Crippen LogP contribution in [0.15, 0.2) is 61.1 Å². The van der Waals surface area contributed by atoms with Crippen molar-refractivity contribution in [3.8, 4) is 5.75 Å². The van der Waals surface area contributed by atoms with Crippen LogP contribution < -0.4 is 10.1 Å². The van der Waals surface area contributed by atoms with E-state index in [0.29, 0.717) is 16.6 Å². The fraction of sp³-hybridized carbons (Fsp3) is 0.100. The molecule has 0 saturated carbocycles. The first-order valence-electron chi connectivity index (χ1n) is 9.43. The number of rotatable bonds is 8. The number of ether oxygens (including phenoxy) is 1. The first-order chi connectivity index (χ1) is 15.9. The van der Waals surface area contributed by atoms with E-state index in [1.807, 2.05) is 6.07 Å². The number of para-hydroxylation sites is 2. The number of carbonyl (C=O) groups is 1. The van der Waals surface area contributed by atoms with Crippen molar-refractivity contribution < 1.29 is 14.5 Å². The van der Waals surface area contributed by atoms with Gasteiger partial charge in [-0.2, -0.15) is 5.10 Å². The van der Waals surface area contributed by atoms with Crippen LogP contribution in [0.25, 0.3) is 0 Å². The predicted molar refractivity (Wildman–Crippen MR) is 119 cm³/mol. The zero-order valence-electron chi connectivity index (χ0n) is 16.8. The minimum absolute atomic E-state index is 0.0979. The number of nitro groups is 1. The molecule has 0 atom stereocenters. The Labute approximate surface area is 196 Å². The molecule has 13 heteroatoms. The second-order valence-electron chi connectivity index (χ2n) is 6.71. The molecule has 0 unspecified atom stereocenters.